The van der Waals surface area contributed by atoms with E-state index < -0.39 is 5.97 Å². The first-order chi connectivity index (χ1) is 8.19. The van der Waals surface area contributed by atoms with Gasteiger partial charge in [-0.2, -0.15) is 4.37 Å². The summed E-state index contributed by atoms with van der Waals surface area (Å²) in [4.78, 5) is 15.3. The van der Waals surface area contributed by atoms with E-state index >= 15 is 0 Å². The Hall–Kier alpha value is -1.17. The van der Waals surface area contributed by atoms with Crippen LogP contribution in [0.2, 0.25) is 0 Å². The lowest BCUT2D eigenvalue weighted by Gasteiger charge is -2.26. The summed E-state index contributed by atoms with van der Waals surface area (Å²) < 4.78 is 4.21. The van der Waals surface area contributed by atoms with Crippen LogP contribution >= 0.6 is 11.5 Å². The van der Waals surface area contributed by atoms with Gasteiger partial charge in [-0.05, 0) is 19.3 Å². The monoisotopic (exact) mass is 255 g/mol. The Balaban J connectivity index is 1.92. The molecule has 0 spiro atoms. The number of rotatable bonds is 4. The van der Waals surface area contributed by atoms with Crippen molar-refractivity contribution in [3.63, 3.8) is 0 Å². The molecule has 0 bridgehead atoms. The van der Waals surface area contributed by atoms with E-state index in [1.54, 1.807) is 0 Å². The number of anilines is 1. The molecule has 6 heteroatoms. The van der Waals surface area contributed by atoms with Crippen molar-refractivity contribution in [1.82, 2.24) is 9.36 Å². The van der Waals surface area contributed by atoms with E-state index in [1.807, 2.05) is 6.92 Å². The smallest absolute Gasteiger partial charge is 0.306 e. The largest absolute Gasteiger partial charge is 0.481 e. The predicted molar refractivity (Wildman–Crippen MR) is 66.3 cm³/mol. The molecule has 1 aliphatic rings. The first-order valence-corrected chi connectivity index (χ1v) is 6.78. The number of carbonyl (C=O) groups is 1. The molecule has 0 saturated heterocycles. The summed E-state index contributed by atoms with van der Waals surface area (Å²) in [5.74, 6) is -0.0362. The van der Waals surface area contributed by atoms with Crippen LogP contribution in [0.4, 0.5) is 5.13 Å². The van der Waals surface area contributed by atoms with Crippen LogP contribution in [0.15, 0.2) is 0 Å². The molecule has 0 amide bonds. The van der Waals surface area contributed by atoms with Gasteiger partial charge in [0.25, 0.3) is 0 Å². The molecule has 2 atom stereocenters. The maximum Gasteiger partial charge on any atom is 0.306 e. The van der Waals surface area contributed by atoms with E-state index in [0.29, 0.717) is 6.42 Å². The van der Waals surface area contributed by atoms with Crippen LogP contribution in [-0.2, 0) is 11.2 Å². The van der Waals surface area contributed by atoms with E-state index in [9.17, 15) is 4.79 Å². The number of aryl methyl sites for hydroxylation is 1. The minimum atomic E-state index is -0.678. The number of aromatic nitrogens is 2. The number of carboxylic acid groups (broad SMARTS) is 1. The molecule has 1 saturated carbocycles. The van der Waals surface area contributed by atoms with Crippen molar-refractivity contribution in [3.05, 3.63) is 5.82 Å². The number of nitrogens with one attached hydrogen (secondary N) is 1. The van der Waals surface area contributed by atoms with Crippen LogP contribution in [0.25, 0.3) is 0 Å². The molecule has 0 aromatic carbocycles. The highest BCUT2D eigenvalue weighted by atomic mass is 32.1. The van der Waals surface area contributed by atoms with Crippen LogP contribution in [0.3, 0.4) is 0 Å². The third kappa shape index (κ3) is 3.15. The van der Waals surface area contributed by atoms with Crippen LogP contribution in [-0.4, -0.2) is 26.5 Å². The summed E-state index contributed by atoms with van der Waals surface area (Å²) in [6.45, 7) is 2.02. The van der Waals surface area contributed by atoms with Gasteiger partial charge in [0.2, 0.25) is 5.13 Å². The van der Waals surface area contributed by atoms with Gasteiger partial charge in [-0.15, -0.1) is 0 Å². The van der Waals surface area contributed by atoms with Crippen LogP contribution < -0.4 is 5.32 Å². The molecule has 5 nitrogen and oxygen atoms in total. The van der Waals surface area contributed by atoms with Gasteiger partial charge < -0.3 is 10.4 Å². The summed E-state index contributed by atoms with van der Waals surface area (Å²) in [7, 11) is 0. The lowest BCUT2D eigenvalue weighted by atomic mass is 9.86. The van der Waals surface area contributed by atoms with Crippen LogP contribution in [0.5, 0.6) is 0 Å². The number of hydrogen-bond acceptors (Lipinski definition) is 5. The molecule has 1 heterocycles. The third-order valence-electron chi connectivity index (χ3n) is 3.14. The number of hydrogen-bond donors (Lipinski definition) is 2. The molecule has 1 aromatic rings. The van der Waals surface area contributed by atoms with Gasteiger partial charge in [0.1, 0.15) is 5.82 Å². The second-order valence-corrected chi connectivity index (χ2v) is 5.16. The fourth-order valence-electron chi connectivity index (χ4n) is 2.18. The number of carboxylic acids is 1. The van der Waals surface area contributed by atoms with E-state index in [2.05, 4.69) is 14.7 Å². The van der Waals surface area contributed by atoms with E-state index in [4.69, 9.17) is 5.11 Å². The van der Waals surface area contributed by atoms with Crippen molar-refractivity contribution in [1.29, 1.82) is 0 Å². The fraction of sp³-hybridized carbons (Fsp3) is 0.727. The molecule has 2 rings (SSSR count). The Bertz CT molecular complexity index is 394. The van der Waals surface area contributed by atoms with Gasteiger partial charge in [-0.25, -0.2) is 4.98 Å². The van der Waals surface area contributed by atoms with Gasteiger partial charge in [0.15, 0.2) is 0 Å². The molecule has 2 unspecified atom stereocenters. The maximum atomic E-state index is 10.9. The summed E-state index contributed by atoms with van der Waals surface area (Å²) >= 11 is 1.36. The quantitative estimate of drug-likeness (QED) is 0.862. The van der Waals surface area contributed by atoms with E-state index in [1.165, 1.54) is 11.5 Å². The van der Waals surface area contributed by atoms with Gasteiger partial charge in [-0.1, -0.05) is 13.3 Å². The SMILES string of the molecule is CCc1nsc(NC2CCCC(C(=O)O)C2)n1. The zero-order valence-electron chi connectivity index (χ0n) is 9.85. The van der Waals surface area contributed by atoms with Gasteiger partial charge in [0.05, 0.1) is 5.92 Å². The van der Waals surface area contributed by atoms with E-state index in [0.717, 1.165) is 36.6 Å². The van der Waals surface area contributed by atoms with Crippen molar-refractivity contribution in [2.45, 2.75) is 45.1 Å². The lowest BCUT2D eigenvalue weighted by Crippen LogP contribution is -2.30. The standard InChI is InChI=1S/C11H17N3O2S/c1-2-9-13-11(17-14-9)12-8-5-3-4-7(6-8)10(15)16/h7-8H,2-6H2,1H3,(H,15,16)(H,12,13,14). The number of aliphatic carboxylic acids is 1. The first kappa shape index (κ1) is 12.3. The highest BCUT2D eigenvalue weighted by molar-refractivity contribution is 7.09. The van der Waals surface area contributed by atoms with Gasteiger partial charge >= 0.3 is 5.97 Å². The average Bonchev–Trinajstić information content (AvgIpc) is 2.77. The van der Waals surface area contributed by atoms with Crippen molar-refractivity contribution < 1.29 is 9.90 Å². The minimum Gasteiger partial charge on any atom is -0.481 e. The normalized spacial score (nSPS) is 24.5. The van der Waals surface area contributed by atoms with Crippen molar-refractivity contribution >= 4 is 22.6 Å². The molecule has 1 fully saturated rings. The molecule has 0 aliphatic heterocycles. The Kier molecular flexibility index (Phi) is 3.93. The Labute approximate surface area is 104 Å². The zero-order valence-corrected chi connectivity index (χ0v) is 10.7. The minimum absolute atomic E-state index is 0.209. The van der Waals surface area contributed by atoms with Crippen molar-refractivity contribution in [2.24, 2.45) is 5.92 Å². The van der Waals surface area contributed by atoms with Crippen molar-refractivity contribution in [2.75, 3.05) is 5.32 Å². The molecule has 2 N–H and O–H groups in total. The Morgan fingerprint density at radius 2 is 2.41 bits per heavy atom. The summed E-state index contributed by atoms with van der Waals surface area (Å²) in [6, 6.07) is 0.225. The molecule has 17 heavy (non-hydrogen) atoms. The van der Waals surface area contributed by atoms with Crippen LogP contribution in [0.1, 0.15) is 38.4 Å². The summed E-state index contributed by atoms with van der Waals surface area (Å²) in [5.41, 5.74) is 0. The highest BCUT2D eigenvalue weighted by Gasteiger charge is 2.27. The lowest BCUT2D eigenvalue weighted by molar-refractivity contribution is -0.142. The summed E-state index contributed by atoms with van der Waals surface area (Å²) in [5, 5.41) is 13.1. The van der Waals surface area contributed by atoms with E-state index in [-0.39, 0.29) is 12.0 Å². The fourth-order valence-corrected chi connectivity index (χ4v) is 2.90. The second kappa shape index (κ2) is 5.44. The molecule has 1 aromatic heterocycles. The highest BCUT2D eigenvalue weighted by Crippen LogP contribution is 2.27. The van der Waals surface area contributed by atoms with Crippen molar-refractivity contribution in [3.8, 4) is 0 Å². The van der Waals surface area contributed by atoms with Crippen LogP contribution in [0, 0.1) is 5.92 Å². The molecule has 1 aliphatic carbocycles. The first-order valence-electron chi connectivity index (χ1n) is 6.01. The molecule has 0 radical (unpaired) electrons. The predicted octanol–water partition coefficient (Wildman–Crippen LogP) is 2.16. The maximum absolute atomic E-state index is 10.9. The Morgan fingerprint density at radius 1 is 1.59 bits per heavy atom. The Morgan fingerprint density at radius 3 is 3.06 bits per heavy atom. The molecular formula is C11H17N3O2S. The topological polar surface area (TPSA) is 75.1 Å². The second-order valence-electron chi connectivity index (χ2n) is 4.41. The van der Waals surface area contributed by atoms with Gasteiger partial charge in [-0.3, -0.25) is 4.79 Å². The zero-order chi connectivity index (χ0) is 12.3. The summed E-state index contributed by atoms with van der Waals surface area (Å²) in [6.07, 6.45) is 4.31. The molecule has 94 valence electrons. The molecular weight excluding hydrogens is 238 g/mol. The van der Waals surface area contributed by atoms with Gasteiger partial charge in [0, 0.05) is 24.0 Å². The average molecular weight is 255 g/mol. The number of nitrogens with zero attached hydrogens (tertiary/aromatic N) is 2. The third-order valence-corrected chi connectivity index (χ3v) is 3.82.